The number of imidazole rings is 1. The number of nitrogens with zero attached hydrogens (tertiary/aromatic N) is 2. The van der Waals surface area contributed by atoms with Crippen LogP contribution in [0.2, 0.25) is 10.0 Å². The molecule has 102 valence electrons. The first-order valence-corrected chi connectivity index (χ1v) is 7.29. The molecule has 6 nitrogen and oxygen atoms in total. The Kier molecular flexibility index (Phi) is 3.62. The fourth-order valence-corrected chi connectivity index (χ4v) is 3.39. The number of halogens is 2. The summed E-state index contributed by atoms with van der Waals surface area (Å²) in [6.07, 6.45) is 1.31. The average Bonchev–Trinajstić information content (AvgIpc) is 2.56. The van der Waals surface area contributed by atoms with Gasteiger partial charge in [-0.1, -0.05) is 23.2 Å². The van der Waals surface area contributed by atoms with Crippen molar-refractivity contribution >= 4 is 44.7 Å². The third kappa shape index (κ3) is 2.94. The van der Waals surface area contributed by atoms with Gasteiger partial charge in [-0.15, -0.1) is 0 Å². The first-order chi connectivity index (χ1) is 8.79. The van der Waals surface area contributed by atoms with E-state index in [0.717, 1.165) is 0 Å². The van der Waals surface area contributed by atoms with Crippen molar-refractivity contribution in [2.24, 2.45) is 7.05 Å². The molecular formula is C10H10Cl2N4O2S. The van der Waals surface area contributed by atoms with E-state index >= 15 is 0 Å². The Labute approximate surface area is 120 Å². The van der Waals surface area contributed by atoms with Crippen LogP contribution in [0.4, 0.5) is 11.5 Å². The van der Waals surface area contributed by atoms with Gasteiger partial charge in [0.2, 0.25) is 0 Å². The SMILES string of the molecule is Cn1cnc(N)c1S(=O)(=O)Nc1cc(Cl)cc(Cl)c1. The highest BCUT2D eigenvalue weighted by Gasteiger charge is 2.22. The van der Waals surface area contributed by atoms with Gasteiger partial charge < -0.3 is 10.3 Å². The lowest BCUT2D eigenvalue weighted by atomic mass is 10.3. The molecule has 1 aromatic carbocycles. The number of aromatic nitrogens is 2. The maximum absolute atomic E-state index is 12.2. The van der Waals surface area contributed by atoms with Gasteiger partial charge in [-0.3, -0.25) is 4.72 Å². The minimum absolute atomic E-state index is 0.0804. The van der Waals surface area contributed by atoms with Crippen LogP contribution in [-0.2, 0) is 17.1 Å². The molecule has 0 radical (unpaired) electrons. The Balaban J connectivity index is 2.42. The third-order valence-corrected chi connectivity index (χ3v) is 4.23. The molecule has 0 saturated carbocycles. The number of benzene rings is 1. The summed E-state index contributed by atoms with van der Waals surface area (Å²) >= 11 is 11.6. The second kappa shape index (κ2) is 4.92. The van der Waals surface area contributed by atoms with Crippen molar-refractivity contribution in [2.75, 3.05) is 10.5 Å². The third-order valence-electron chi connectivity index (χ3n) is 2.28. The largest absolute Gasteiger partial charge is 0.381 e. The zero-order valence-electron chi connectivity index (χ0n) is 9.76. The summed E-state index contributed by atoms with van der Waals surface area (Å²) in [6.45, 7) is 0. The quantitative estimate of drug-likeness (QED) is 0.906. The zero-order valence-corrected chi connectivity index (χ0v) is 12.1. The molecule has 0 aliphatic carbocycles. The van der Waals surface area contributed by atoms with E-state index in [2.05, 4.69) is 9.71 Å². The lowest BCUT2D eigenvalue weighted by molar-refractivity contribution is 0.592. The van der Waals surface area contributed by atoms with Crippen molar-refractivity contribution in [3.8, 4) is 0 Å². The van der Waals surface area contributed by atoms with E-state index in [-0.39, 0.29) is 16.5 Å². The molecule has 0 atom stereocenters. The van der Waals surface area contributed by atoms with Gasteiger partial charge in [-0.05, 0) is 18.2 Å². The molecule has 3 N–H and O–H groups in total. The van der Waals surface area contributed by atoms with Crippen LogP contribution in [0.25, 0.3) is 0 Å². The van der Waals surface area contributed by atoms with Gasteiger partial charge in [0.05, 0.1) is 12.0 Å². The highest BCUT2D eigenvalue weighted by molar-refractivity contribution is 7.92. The number of hydrogen-bond acceptors (Lipinski definition) is 4. The minimum Gasteiger partial charge on any atom is -0.381 e. The maximum Gasteiger partial charge on any atom is 0.281 e. The minimum atomic E-state index is -3.86. The van der Waals surface area contributed by atoms with Gasteiger partial charge in [0.15, 0.2) is 10.8 Å². The predicted octanol–water partition coefficient (Wildman–Crippen LogP) is 2.11. The Hall–Kier alpha value is -1.44. The van der Waals surface area contributed by atoms with Crippen LogP contribution in [-0.4, -0.2) is 18.0 Å². The summed E-state index contributed by atoms with van der Waals surface area (Å²) in [5, 5.41) is 0.523. The van der Waals surface area contributed by atoms with E-state index in [1.807, 2.05) is 0 Å². The molecule has 0 fully saturated rings. The summed E-state index contributed by atoms with van der Waals surface area (Å²) < 4.78 is 28.0. The number of rotatable bonds is 3. The lowest BCUT2D eigenvalue weighted by Gasteiger charge is -2.09. The average molecular weight is 321 g/mol. The second-order valence-corrected chi connectivity index (χ2v) is 6.28. The predicted molar refractivity (Wildman–Crippen MR) is 74.9 cm³/mol. The van der Waals surface area contributed by atoms with Crippen LogP contribution < -0.4 is 10.5 Å². The standard InChI is InChI=1S/C10H10Cl2N4O2S/c1-16-5-14-9(13)10(16)19(17,18)15-8-3-6(11)2-7(12)4-8/h2-5,15H,13H2,1H3. The van der Waals surface area contributed by atoms with E-state index in [0.29, 0.717) is 10.0 Å². The second-order valence-electron chi connectivity index (χ2n) is 3.81. The van der Waals surface area contributed by atoms with Gasteiger partial charge in [0, 0.05) is 17.1 Å². The van der Waals surface area contributed by atoms with Crippen molar-refractivity contribution < 1.29 is 8.42 Å². The van der Waals surface area contributed by atoms with Crippen molar-refractivity contribution in [1.29, 1.82) is 0 Å². The number of nitrogen functional groups attached to an aromatic ring is 1. The molecule has 1 heterocycles. The summed E-state index contributed by atoms with van der Waals surface area (Å²) in [5.74, 6) is -0.0804. The molecule has 2 aromatic rings. The van der Waals surface area contributed by atoms with E-state index in [1.54, 1.807) is 0 Å². The monoisotopic (exact) mass is 320 g/mol. The molecule has 0 bridgehead atoms. The Morgan fingerprint density at radius 2 is 1.84 bits per heavy atom. The van der Waals surface area contributed by atoms with Gasteiger partial charge in [-0.2, -0.15) is 8.42 Å². The highest BCUT2D eigenvalue weighted by Crippen LogP contribution is 2.25. The maximum atomic E-state index is 12.2. The van der Waals surface area contributed by atoms with Crippen LogP contribution >= 0.6 is 23.2 Å². The molecule has 2 rings (SSSR count). The first kappa shape index (κ1) is 14.0. The Morgan fingerprint density at radius 1 is 1.26 bits per heavy atom. The lowest BCUT2D eigenvalue weighted by Crippen LogP contribution is -2.17. The summed E-state index contributed by atoms with van der Waals surface area (Å²) in [4.78, 5) is 3.73. The van der Waals surface area contributed by atoms with Gasteiger partial charge in [-0.25, -0.2) is 4.98 Å². The summed E-state index contributed by atoms with van der Waals surface area (Å²) in [7, 11) is -2.33. The van der Waals surface area contributed by atoms with Crippen LogP contribution in [0.5, 0.6) is 0 Å². The van der Waals surface area contributed by atoms with Crippen LogP contribution in [0, 0.1) is 0 Å². The number of aryl methyl sites for hydroxylation is 1. The number of nitrogens with two attached hydrogens (primary N) is 1. The van der Waals surface area contributed by atoms with Gasteiger partial charge in [0.1, 0.15) is 0 Å². The van der Waals surface area contributed by atoms with E-state index in [1.165, 1.54) is 36.1 Å². The molecular weight excluding hydrogens is 311 g/mol. The van der Waals surface area contributed by atoms with Crippen molar-refractivity contribution in [2.45, 2.75) is 5.03 Å². The van der Waals surface area contributed by atoms with Crippen LogP contribution in [0.3, 0.4) is 0 Å². The fraction of sp³-hybridized carbons (Fsp3) is 0.100. The molecule has 1 aromatic heterocycles. The Morgan fingerprint density at radius 3 is 2.32 bits per heavy atom. The topological polar surface area (TPSA) is 90.0 Å². The number of nitrogens with one attached hydrogen (secondary N) is 1. The molecule has 0 spiro atoms. The highest BCUT2D eigenvalue weighted by atomic mass is 35.5. The van der Waals surface area contributed by atoms with Crippen molar-refractivity contribution in [3.63, 3.8) is 0 Å². The van der Waals surface area contributed by atoms with Crippen LogP contribution in [0.15, 0.2) is 29.6 Å². The van der Waals surface area contributed by atoms with Gasteiger partial charge >= 0.3 is 0 Å². The van der Waals surface area contributed by atoms with Crippen molar-refractivity contribution in [3.05, 3.63) is 34.6 Å². The van der Waals surface area contributed by atoms with Gasteiger partial charge in [0.25, 0.3) is 10.0 Å². The van der Waals surface area contributed by atoms with E-state index in [4.69, 9.17) is 28.9 Å². The zero-order chi connectivity index (χ0) is 14.2. The fourth-order valence-electron chi connectivity index (χ4n) is 1.58. The molecule has 0 aliphatic rings. The Bertz CT molecular complexity index is 687. The molecule has 19 heavy (non-hydrogen) atoms. The summed E-state index contributed by atoms with van der Waals surface area (Å²) in [5.41, 5.74) is 5.79. The number of sulfonamides is 1. The number of hydrogen-bond donors (Lipinski definition) is 2. The first-order valence-electron chi connectivity index (χ1n) is 5.05. The molecule has 9 heteroatoms. The van der Waals surface area contributed by atoms with Crippen molar-refractivity contribution in [1.82, 2.24) is 9.55 Å². The normalized spacial score (nSPS) is 11.5. The molecule has 0 aliphatic heterocycles. The van der Waals surface area contributed by atoms with Crippen LogP contribution in [0.1, 0.15) is 0 Å². The summed E-state index contributed by atoms with van der Waals surface area (Å²) in [6, 6.07) is 4.38. The van der Waals surface area contributed by atoms with E-state index < -0.39 is 10.0 Å². The molecule has 0 unspecified atom stereocenters. The molecule has 0 amide bonds. The number of anilines is 2. The van der Waals surface area contributed by atoms with E-state index in [9.17, 15) is 8.42 Å². The smallest absolute Gasteiger partial charge is 0.281 e. The molecule has 0 saturated heterocycles.